The van der Waals surface area contributed by atoms with Crippen molar-refractivity contribution in [3.05, 3.63) is 64.8 Å². The first-order chi connectivity index (χ1) is 13.1. The lowest BCUT2D eigenvalue weighted by atomic mass is 10.1. The molecule has 5 nitrogen and oxygen atoms in total. The number of ether oxygens (including phenoxy) is 2. The zero-order valence-corrected chi connectivity index (χ0v) is 16.4. The zero-order valence-electron chi connectivity index (χ0n) is 15.6. The normalized spacial score (nSPS) is 10.6. The number of nitrogens with one attached hydrogen (secondary N) is 2. The largest absolute Gasteiger partial charge is 0.490 e. The minimum absolute atomic E-state index is 0.254. The fourth-order valence-corrected chi connectivity index (χ4v) is 2.54. The molecule has 2 N–H and O–H groups in total. The molecule has 0 unspecified atom stereocenters. The number of amides is 2. The molecule has 0 aliphatic rings. The summed E-state index contributed by atoms with van der Waals surface area (Å²) in [5.74, 6) is 1.47. The van der Waals surface area contributed by atoms with Gasteiger partial charge in [-0.15, -0.1) is 0 Å². The van der Waals surface area contributed by atoms with Crippen LogP contribution in [-0.2, 0) is 6.42 Å². The Morgan fingerprint density at radius 3 is 2.44 bits per heavy atom. The summed E-state index contributed by atoms with van der Waals surface area (Å²) in [5, 5.41) is 6.18. The Kier molecular flexibility index (Phi) is 8.52. The first-order valence-corrected chi connectivity index (χ1v) is 9.35. The molecular formula is C21H25ClN2O3. The number of hydrogen-bond donors (Lipinski definition) is 2. The van der Waals surface area contributed by atoms with E-state index < -0.39 is 0 Å². The van der Waals surface area contributed by atoms with Crippen LogP contribution < -0.4 is 20.1 Å². The molecule has 0 atom stereocenters. The van der Waals surface area contributed by atoms with Gasteiger partial charge in [0.2, 0.25) is 0 Å². The van der Waals surface area contributed by atoms with E-state index in [1.54, 1.807) is 24.4 Å². The molecular weight excluding hydrogens is 364 g/mol. The van der Waals surface area contributed by atoms with Crippen molar-refractivity contribution < 1.29 is 14.3 Å². The van der Waals surface area contributed by atoms with E-state index in [1.165, 1.54) is 0 Å². The highest BCUT2D eigenvalue weighted by molar-refractivity contribution is 6.30. The molecule has 27 heavy (non-hydrogen) atoms. The zero-order chi connectivity index (χ0) is 19.5. The molecule has 2 rings (SSSR count). The van der Waals surface area contributed by atoms with Crippen molar-refractivity contribution in [3.8, 4) is 11.5 Å². The van der Waals surface area contributed by atoms with Crippen LogP contribution in [0, 0.1) is 0 Å². The maximum Gasteiger partial charge on any atom is 0.318 e. The molecule has 0 fully saturated rings. The molecule has 0 saturated heterocycles. The monoisotopic (exact) mass is 388 g/mol. The molecule has 0 aliphatic heterocycles. The summed E-state index contributed by atoms with van der Waals surface area (Å²) in [4.78, 5) is 11.8. The van der Waals surface area contributed by atoms with Crippen LogP contribution in [0.25, 0.3) is 6.08 Å². The van der Waals surface area contributed by atoms with Crippen LogP contribution in [0.1, 0.15) is 25.0 Å². The maximum atomic E-state index is 11.8. The number of benzene rings is 2. The third-order valence-corrected chi connectivity index (χ3v) is 3.92. The Bertz CT molecular complexity index is 761. The van der Waals surface area contributed by atoms with E-state index >= 15 is 0 Å². The van der Waals surface area contributed by atoms with Gasteiger partial charge in [0.1, 0.15) is 0 Å². The Morgan fingerprint density at radius 1 is 1.04 bits per heavy atom. The van der Waals surface area contributed by atoms with Crippen LogP contribution in [0.2, 0.25) is 5.02 Å². The molecule has 0 spiro atoms. The Morgan fingerprint density at radius 2 is 1.74 bits per heavy atom. The van der Waals surface area contributed by atoms with Gasteiger partial charge in [-0.25, -0.2) is 4.79 Å². The lowest BCUT2D eigenvalue weighted by molar-refractivity contribution is 0.244. The lowest BCUT2D eigenvalue weighted by Crippen LogP contribution is -2.33. The average molecular weight is 389 g/mol. The molecule has 6 heteroatoms. The summed E-state index contributed by atoms with van der Waals surface area (Å²) in [7, 11) is 0. The van der Waals surface area contributed by atoms with Crippen LogP contribution in [0.5, 0.6) is 11.5 Å². The molecule has 2 aromatic rings. The van der Waals surface area contributed by atoms with Gasteiger partial charge in [0, 0.05) is 17.8 Å². The lowest BCUT2D eigenvalue weighted by Gasteiger charge is -2.12. The minimum atomic E-state index is -0.254. The van der Waals surface area contributed by atoms with Crippen LogP contribution in [0.3, 0.4) is 0 Å². The summed E-state index contributed by atoms with van der Waals surface area (Å²) in [6.45, 7) is 5.55. The SMILES string of the molecule is CCOc1ccc(CCNC(=O)N/C=C/c2ccc(Cl)cc2)cc1OCC. The van der Waals surface area contributed by atoms with Crippen molar-refractivity contribution in [2.75, 3.05) is 19.8 Å². The average Bonchev–Trinajstić information content (AvgIpc) is 2.66. The predicted octanol–water partition coefficient (Wildman–Crippen LogP) is 4.65. The Labute approximate surface area is 165 Å². The van der Waals surface area contributed by atoms with Crippen molar-refractivity contribution >= 4 is 23.7 Å². The number of hydrogen-bond acceptors (Lipinski definition) is 3. The Hall–Kier alpha value is -2.66. The molecule has 0 bridgehead atoms. The third-order valence-electron chi connectivity index (χ3n) is 3.67. The van der Waals surface area contributed by atoms with Crippen molar-refractivity contribution in [2.45, 2.75) is 20.3 Å². The second-order valence-corrected chi connectivity index (χ2v) is 6.12. The smallest absolute Gasteiger partial charge is 0.318 e. The van der Waals surface area contributed by atoms with E-state index in [9.17, 15) is 4.79 Å². The van der Waals surface area contributed by atoms with Crippen molar-refractivity contribution in [2.24, 2.45) is 0 Å². The predicted molar refractivity (Wildman–Crippen MR) is 110 cm³/mol. The highest BCUT2D eigenvalue weighted by atomic mass is 35.5. The summed E-state index contributed by atoms with van der Waals surface area (Å²) >= 11 is 5.84. The molecule has 0 heterocycles. The number of halogens is 1. The van der Waals surface area contributed by atoms with Gasteiger partial charge in [0.15, 0.2) is 11.5 Å². The molecule has 0 aliphatic carbocycles. The van der Waals surface area contributed by atoms with Gasteiger partial charge in [-0.3, -0.25) is 0 Å². The number of carbonyl (C=O) groups excluding carboxylic acids is 1. The standard InChI is InChI=1S/C21H25ClN2O3/c1-3-26-19-10-7-17(15-20(19)27-4-2)12-14-24-21(25)23-13-11-16-5-8-18(22)9-6-16/h5-11,13,15H,3-4,12,14H2,1-2H3,(H2,23,24,25)/b13-11+. The first-order valence-electron chi connectivity index (χ1n) is 8.97. The summed E-state index contributed by atoms with van der Waals surface area (Å²) in [6.07, 6.45) is 4.10. The van der Waals surface area contributed by atoms with E-state index in [4.69, 9.17) is 21.1 Å². The van der Waals surface area contributed by atoms with Crippen LogP contribution in [-0.4, -0.2) is 25.8 Å². The number of carbonyl (C=O) groups is 1. The van der Waals surface area contributed by atoms with E-state index in [-0.39, 0.29) is 6.03 Å². The van der Waals surface area contributed by atoms with Gasteiger partial charge in [-0.05, 0) is 61.7 Å². The van der Waals surface area contributed by atoms with Gasteiger partial charge in [-0.2, -0.15) is 0 Å². The summed E-state index contributed by atoms with van der Waals surface area (Å²) in [5.41, 5.74) is 2.02. The molecule has 0 radical (unpaired) electrons. The molecule has 2 aromatic carbocycles. The van der Waals surface area contributed by atoms with Gasteiger partial charge < -0.3 is 20.1 Å². The molecule has 2 amide bonds. The first kappa shape index (κ1) is 20.6. The van der Waals surface area contributed by atoms with Crippen molar-refractivity contribution in [3.63, 3.8) is 0 Å². The molecule has 0 saturated carbocycles. The van der Waals surface area contributed by atoms with Crippen LogP contribution in [0.15, 0.2) is 48.7 Å². The van der Waals surface area contributed by atoms with Crippen molar-refractivity contribution in [1.29, 1.82) is 0 Å². The van der Waals surface area contributed by atoms with Crippen molar-refractivity contribution in [1.82, 2.24) is 10.6 Å². The van der Waals surface area contributed by atoms with E-state index in [0.29, 0.717) is 31.2 Å². The molecule has 0 aromatic heterocycles. The topological polar surface area (TPSA) is 59.6 Å². The maximum absolute atomic E-state index is 11.8. The Balaban J connectivity index is 1.78. The van der Waals surface area contributed by atoms with E-state index in [0.717, 1.165) is 22.6 Å². The second-order valence-electron chi connectivity index (χ2n) is 5.68. The van der Waals surface area contributed by atoms with E-state index in [1.807, 2.05) is 44.2 Å². The van der Waals surface area contributed by atoms with Gasteiger partial charge in [0.05, 0.1) is 13.2 Å². The quantitative estimate of drug-likeness (QED) is 0.657. The van der Waals surface area contributed by atoms with E-state index in [2.05, 4.69) is 10.6 Å². The number of rotatable bonds is 9. The summed E-state index contributed by atoms with van der Waals surface area (Å²) < 4.78 is 11.2. The third kappa shape index (κ3) is 7.23. The number of urea groups is 1. The fourth-order valence-electron chi connectivity index (χ4n) is 2.41. The van der Waals surface area contributed by atoms with Gasteiger partial charge >= 0.3 is 6.03 Å². The highest BCUT2D eigenvalue weighted by Crippen LogP contribution is 2.28. The minimum Gasteiger partial charge on any atom is -0.490 e. The van der Waals surface area contributed by atoms with Crippen LogP contribution >= 0.6 is 11.6 Å². The summed E-state index contributed by atoms with van der Waals surface area (Å²) in [6, 6.07) is 12.9. The second kappa shape index (κ2) is 11.1. The fraction of sp³-hybridized carbons (Fsp3) is 0.286. The molecule has 144 valence electrons. The van der Waals surface area contributed by atoms with Gasteiger partial charge in [-0.1, -0.05) is 29.8 Å². The highest BCUT2D eigenvalue weighted by Gasteiger charge is 2.06. The van der Waals surface area contributed by atoms with Crippen LogP contribution in [0.4, 0.5) is 4.79 Å². The van der Waals surface area contributed by atoms with Gasteiger partial charge in [0.25, 0.3) is 0 Å².